The Morgan fingerprint density at radius 1 is 1.33 bits per heavy atom. The van der Waals surface area contributed by atoms with E-state index >= 15 is 0 Å². The SMILES string of the molecule is O[Si](O)(O)[O][BaH]. The topological polar surface area (TPSA) is 69.9 Å². The van der Waals surface area contributed by atoms with Gasteiger partial charge in [0, 0.05) is 0 Å². The molecule has 6 heavy (non-hydrogen) atoms. The van der Waals surface area contributed by atoms with Crippen molar-refractivity contribution in [1.29, 1.82) is 0 Å². The molecule has 3 N–H and O–H groups in total. The van der Waals surface area contributed by atoms with E-state index in [1.54, 1.807) is 0 Å². The molecule has 0 unspecified atom stereocenters. The monoisotopic (exact) mass is 234 g/mol. The van der Waals surface area contributed by atoms with Crippen LogP contribution in [0, 0.1) is 0 Å². The van der Waals surface area contributed by atoms with Gasteiger partial charge in [0.2, 0.25) is 0 Å². The molecule has 0 rings (SSSR count). The summed E-state index contributed by atoms with van der Waals surface area (Å²) in [6.07, 6.45) is 0. The molecule has 0 aliphatic rings. The van der Waals surface area contributed by atoms with Crippen LogP contribution in [0.4, 0.5) is 0 Å². The normalized spacial score (nSPS) is 11.7. The summed E-state index contributed by atoms with van der Waals surface area (Å²) < 4.78 is 3.97. The summed E-state index contributed by atoms with van der Waals surface area (Å²) in [4.78, 5) is 23.7. The van der Waals surface area contributed by atoms with Crippen molar-refractivity contribution in [3.63, 3.8) is 0 Å². The first kappa shape index (κ1) is 7.63. The van der Waals surface area contributed by atoms with Gasteiger partial charge in [0.05, 0.1) is 0 Å². The number of rotatable bonds is 1. The fourth-order valence-electron chi connectivity index (χ4n) is 0. The maximum atomic E-state index is 7.91. The van der Waals surface area contributed by atoms with Crippen LogP contribution in [0.3, 0.4) is 0 Å². The maximum absolute atomic E-state index is 7.91. The van der Waals surface area contributed by atoms with Crippen molar-refractivity contribution in [2.75, 3.05) is 0 Å². The van der Waals surface area contributed by atoms with Crippen LogP contribution >= 0.6 is 0 Å². The van der Waals surface area contributed by atoms with Crippen LogP contribution in [0.1, 0.15) is 0 Å². The Balaban J connectivity index is 3.17. The predicted octanol–water partition coefficient (Wildman–Crippen LogP) is -2.77. The molecule has 34 valence electrons. The Morgan fingerprint density at radius 2 is 1.50 bits per heavy atom. The van der Waals surface area contributed by atoms with Crippen molar-refractivity contribution in [3.8, 4) is 0 Å². The minimum atomic E-state index is -4.03. The zero-order chi connectivity index (χ0) is 5.21. The van der Waals surface area contributed by atoms with Crippen molar-refractivity contribution < 1.29 is 14.1 Å². The molecule has 0 aromatic carbocycles. The first-order valence-electron chi connectivity index (χ1n) is 1.28. The molecule has 0 aliphatic heterocycles. The minimum absolute atomic E-state index is 0.356. The van der Waals surface area contributed by atoms with E-state index < -0.39 is 9.05 Å². The Morgan fingerprint density at radius 3 is 1.50 bits per heavy atom. The molecule has 6 heteroatoms. The zero-order valence-electron chi connectivity index (χ0n) is 3.25. The van der Waals surface area contributed by atoms with E-state index in [-0.39, 0.29) is 47.2 Å². The van der Waals surface area contributed by atoms with E-state index in [0.717, 1.165) is 0 Å². The summed E-state index contributed by atoms with van der Waals surface area (Å²) in [5.74, 6) is 0. The van der Waals surface area contributed by atoms with Crippen molar-refractivity contribution in [2.24, 2.45) is 0 Å². The van der Waals surface area contributed by atoms with E-state index in [1.165, 1.54) is 0 Å². The van der Waals surface area contributed by atoms with E-state index in [2.05, 4.69) is -0.254 Å². The van der Waals surface area contributed by atoms with Crippen LogP contribution < -0.4 is 0 Å². The van der Waals surface area contributed by atoms with Gasteiger partial charge in [-0.25, -0.2) is 0 Å². The Hall–Kier alpha value is 1.63. The fourth-order valence-corrected chi connectivity index (χ4v) is 0. The Labute approximate surface area is 69.3 Å². The summed E-state index contributed by atoms with van der Waals surface area (Å²) >= 11 is -0.356. The fraction of sp³-hybridized carbons (Fsp3) is 0. The average molecular weight is 233 g/mol. The van der Waals surface area contributed by atoms with Gasteiger partial charge < -0.3 is 0 Å². The Kier molecular flexibility index (Phi) is 3.59. The first-order valence-corrected chi connectivity index (χ1v) is 5.60. The second kappa shape index (κ2) is 2.82. The van der Waals surface area contributed by atoms with Crippen molar-refractivity contribution in [1.82, 2.24) is 0 Å². The van der Waals surface area contributed by atoms with Crippen LogP contribution in [0.5, 0.6) is 0 Å². The van der Waals surface area contributed by atoms with E-state index in [1.807, 2.05) is 0 Å². The van der Waals surface area contributed by atoms with Crippen LogP contribution in [0.25, 0.3) is 0 Å². The zero-order valence-corrected chi connectivity index (χ0v) is 10.5. The predicted molar refractivity (Wildman–Crippen MR) is 20.6 cm³/mol. The van der Waals surface area contributed by atoms with Gasteiger partial charge in [0.25, 0.3) is 0 Å². The van der Waals surface area contributed by atoms with Gasteiger partial charge in [-0.15, -0.1) is 0 Å². The second-order valence-electron chi connectivity index (χ2n) is 0.778. The molecule has 0 heterocycles. The second-order valence-corrected chi connectivity index (χ2v) is 6.18. The van der Waals surface area contributed by atoms with E-state index in [4.69, 9.17) is 14.4 Å². The molecular weight excluding hydrogens is 229 g/mol. The summed E-state index contributed by atoms with van der Waals surface area (Å²) in [5.41, 5.74) is 0. The first-order chi connectivity index (χ1) is 2.56. The third-order valence-electron chi connectivity index (χ3n) is 0.274. The molecule has 0 atom stereocenters. The van der Waals surface area contributed by atoms with Gasteiger partial charge in [-0.3, -0.25) is 0 Å². The molecule has 0 saturated carbocycles. The summed E-state index contributed by atoms with van der Waals surface area (Å²) in [5, 5.41) is 0. The van der Waals surface area contributed by atoms with E-state index in [9.17, 15) is 0 Å². The van der Waals surface area contributed by atoms with Gasteiger partial charge >= 0.3 is 70.4 Å². The number of hydrogen-bond donors (Lipinski definition) is 3. The van der Waals surface area contributed by atoms with Gasteiger partial charge in [0.15, 0.2) is 0 Å². The standard InChI is InChI=1S/Ba.H3O4Si.H/c;1-5(2,3)4;/h;1-3H;/q+1;-1;. The molecule has 0 aromatic heterocycles. The molecule has 4 nitrogen and oxygen atoms in total. The van der Waals surface area contributed by atoms with Crippen molar-refractivity contribution in [2.45, 2.75) is 0 Å². The summed E-state index contributed by atoms with van der Waals surface area (Å²) in [6.45, 7) is 0. The average Bonchev–Trinajstić information content (AvgIpc) is 1.35. The van der Waals surface area contributed by atoms with Crippen LogP contribution in [-0.2, 0) is -0.254 Å². The van der Waals surface area contributed by atoms with Gasteiger partial charge in [-0.2, -0.15) is 0 Å². The van der Waals surface area contributed by atoms with E-state index in [0.29, 0.717) is 0 Å². The van der Waals surface area contributed by atoms with Crippen LogP contribution in [0.2, 0.25) is 0 Å². The summed E-state index contributed by atoms with van der Waals surface area (Å²) in [6, 6.07) is 0. The summed E-state index contributed by atoms with van der Waals surface area (Å²) in [7, 11) is -4.03. The Bertz CT molecular complexity index is 37.3. The van der Waals surface area contributed by atoms with Crippen LogP contribution in [-0.4, -0.2) is 70.6 Å². The molecule has 0 fully saturated rings. The number of hydrogen-bond acceptors (Lipinski definition) is 4. The molecule has 0 saturated heterocycles. The molecular formula is H4BaO4Si. The van der Waals surface area contributed by atoms with Crippen LogP contribution in [0.15, 0.2) is 0 Å². The van der Waals surface area contributed by atoms with Crippen molar-refractivity contribution in [3.05, 3.63) is 0 Å². The van der Waals surface area contributed by atoms with Gasteiger partial charge in [0.1, 0.15) is 0 Å². The third kappa shape index (κ3) is 5.63. The molecule has 0 bridgehead atoms. The molecule has 0 spiro atoms. The third-order valence-corrected chi connectivity index (χ3v) is 5.98. The molecule has 0 aliphatic carbocycles. The van der Waals surface area contributed by atoms with Gasteiger partial charge in [-0.1, -0.05) is 0 Å². The van der Waals surface area contributed by atoms with Crippen molar-refractivity contribution >= 4 is 56.2 Å². The molecule has 0 radical (unpaired) electrons. The quantitative estimate of drug-likeness (QED) is 0.429. The van der Waals surface area contributed by atoms with Gasteiger partial charge in [-0.05, 0) is 0 Å². The molecule has 0 aromatic rings. The molecule has 0 amide bonds.